The van der Waals surface area contributed by atoms with Crippen LogP contribution in [0, 0.1) is 0 Å². The number of nitrogens with one attached hydrogen (secondary N) is 1. The fourth-order valence-electron chi connectivity index (χ4n) is 4.12. The number of benzene rings is 3. The minimum atomic E-state index is -5.05. The summed E-state index contributed by atoms with van der Waals surface area (Å²) in [6.45, 7) is -0.687. The second-order valence-corrected chi connectivity index (χ2v) is 8.06. The van der Waals surface area contributed by atoms with Crippen molar-refractivity contribution in [2.45, 2.75) is 24.4 Å². The summed E-state index contributed by atoms with van der Waals surface area (Å²) in [5.41, 5.74) is 0.210. The highest BCUT2D eigenvalue weighted by molar-refractivity contribution is 5.79. The first-order chi connectivity index (χ1) is 16.4. The standard InChI is InChI=1S/C25H19F6NO3/c26-24(27,28)15-9-14(10-16(11-15)25(29,30)31)22(33)12-32-23(34)35-13-21-19-7-3-1-5-17(19)18-6-2-4-8-20(18)21/h1-11,21-22,33H,12-13H2,(H,32,34). The fraction of sp³-hybridized carbons (Fsp3) is 0.240. The number of fused-ring (bicyclic) bond motifs is 3. The van der Waals surface area contributed by atoms with Crippen molar-refractivity contribution in [3.63, 3.8) is 0 Å². The van der Waals surface area contributed by atoms with Crippen molar-refractivity contribution < 1.29 is 41.0 Å². The molecule has 0 saturated heterocycles. The average Bonchev–Trinajstić information content (AvgIpc) is 3.13. The van der Waals surface area contributed by atoms with Crippen LogP contribution in [0.25, 0.3) is 11.1 Å². The summed E-state index contributed by atoms with van der Waals surface area (Å²) in [5.74, 6) is -0.240. The van der Waals surface area contributed by atoms with Crippen LogP contribution in [-0.2, 0) is 17.1 Å². The van der Waals surface area contributed by atoms with Crippen LogP contribution in [0.5, 0.6) is 0 Å². The quantitative estimate of drug-likeness (QED) is 0.409. The van der Waals surface area contributed by atoms with Gasteiger partial charge in [-0.15, -0.1) is 0 Å². The van der Waals surface area contributed by atoms with Crippen LogP contribution in [0.3, 0.4) is 0 Å². The van der Waals surface area contributed by atoms with E-state index >= 15 is 0 Å². The SMILES string of the molecule is O=C(NCC(O)c1cc(C(F)(F)F)cc(C(F)(F)F)c1)OCC1c2ccccc2-c2ccccc21. The van der Waals surface area contributed by atoms with Crippen LogP contribution < -0.4 is 5.32 Å². The van der Waals surface area contributed by atoms with Crippen LogP contribution in [0.15, 0.2) is 66.7 Å². The number of hydrogen-bond donors (Lipinski definition) is 2. The molecular formula is C25H19F6NO3. The van der Waals surface area contributed by atoms with E-state index in [1.165, 1.54) is 0 Å². The highest BCUT2D eigenvalue weighted by atomic mass is 19.4. The van der Waals surface area contributed by atoms with Crippen molar-refractivity contribution in [3.05, 3.63) is 94.5 Å². The van der Waals surface area contributed by atoms with E-state index in [0.29, 0.717) is 12.1 Å². The minimum Gasteiger partial charge on any atom is -0.449 e. The lowest BCUT2D eigenvalue weighted by atomic mass is 9.98. The molecule has 10 heteroatoms. The molecule has 1 aliphatic carbocycles. The Bertz CT molecular complexity index is 1160. The van der Waals surface area contributed by atoms with Gasteiger partial charge in [0.15, 0.2) is 0 Å². The number of amides is 1. The molecule has 4 nitrogen and oxygen atoms in total. The molecule has 0 spiro atoms. The Hall–Kier alpha value is -3.53. The number of aliphatic hydroxyl groups excluding tert-OH is 1. The van der Waals surface area contributed by atoms with Crippen molar-refractivity contribution in [1.82, 2.24) is 5.32 Å². The Morgan fingerprint density at radius 3 is 1.83 bits per heavy atom. The van der Waals surface area contributed by atoms with E-state index in [2.05, 4.69) is 5.32 Å². The monoisotopic (exact) mass is 495 g/mol. The molecule has 1 atom stereocenters. The van der Waals surface area contributed by atoms with Gasteiger partial charge in [-0.25, -0.2) is 4.79 Å². The minimum absolute atomic E-state index is 0.0325. The second kappa shape index (κ2) is 9.26. The number of rotatable bonds is 5. The molecule has 0 fully saturated rings. The summed E-state index contributed by atoms with van der Waals surface area (Å²) >= 11 is 0. The summed E-state index contributed by atoms with van der Waals surface area (Å²) in [6, 6.07) is 16.0. The number of carbonyl (C=O) groups is 1. The molecule has 0 heterocycles. The lowest BCUT2D eigenvalue weighted by molar-refractivity contribution is -0.143. The van der Waals surface area contributed by atoms with Gasteiger partial charge in [-0.05, 0) is 46.0 Å². The first kappa shape index (κ1) is 24.6. The topological polar surface area (TPSA) is 58.6 Å². The van der Waals surface area contributed by atoms with Crippen molar-refractivity contribution in [2.24, 2.45) is 0 Å². The molecule has 1 unspecified atom stereocenters. The molecule has 0 bridgehead atoms. The Morgan fingerprint density at radius 1 is 0.857 bits per heavy atom. The summed E-state index contributed by atoms with van der Waals surface area (Å²) < 4.78 is 83.5. The highest BCUT2D eigenvalue weighted by Gasteiger charge is 2.37. The molecule has 0 saturated carbocycles. The molecule has 1 amide bonds. The number of alkyl halides is 6. The largest absolute Gasteiger partial charge is 0.449 e. The molecule has 0 radical (unpaired) electrons. The fourth-order valence-corrected chi connectivity index (χ4v) is 4.12. The van der Waals surface area contributed by atoms with E-state index in [1.54, 1.807) is 0 Å². The van der Waals surface area contributed by atoms with E-state index in [-0.39, 0.29) is 18.6 Å². The maximum Gasteiger partial charge on any atom is 0.416 e. The summed E-state index contributed by atoms with van der Waals surface area (Å²) in [6.07, 6.45) is -12.9. The number of carbonyl (C=O) groups excluding carboxylic acids is 1. The third-order valence-corrected chi connectivity index (χ3v) is 5.78. The number of aliphatic hydroxyl groups is 1. The molecule has 2 N–H and O–H groups in total. The molecule has 3 aromatic carbocycles. The lowest BCUT2D eigenvalue weighted by Gasteiger charge is -2.18. The van der Waals surface area contributed by atoms with Crippen molar-refractivity contribution >= 4 is 6.09 Å². The van der Waals surface area contributed by atoms with Gasteiger partial charge in [0.1, 0.15) is 6.61 Å². The van der Waals surface area contributed by atoms with Gasteiger partial charge in [-0.1, -0.05) is 48.5 Å². The van der Waals surface area contributed by atoms with E-state index < -0.39 is 47.8 Å². The number of halogens is 6. The third-order valence-electron chi connectivity index (χ3n) is 5.78. The van der Waals surface area contributed by atoms with Gasteiger partial charge in [-0.3, -0.25) is 0 Å². The molecular weight excluding hydrogens is 476 g/mol. The van der Waals surface area contributed by atoms with Crippen LogP contribution in [0.2, 0.25) is 0 Å². The Labute approximate surface area is 196 Å². The molecule has 0 aliphatic heterocycles. The van der Waals surface area contributed by atoms with Crippen molar-refractivity contribution in [1.29, 1.82) is 0 Å². The third kappa shape index (κ3) is 5.27. The van der Waals surface area contributed by atoms with Crippen LogP contribution in [0.1, 0.15) is 39.8 Å². The summed E-state index contributed by atoms with van der Waals surface area (Å²) in [5, 5.41) is 12.4. The van der Waals surface area contributed by atoms with Crippen LogP contribution >= 0.6 is 0 Å². The summed E-state index contributed by atoms with van der Waals surface area (Å²) in [4.78, 5) is 12.2. The lowest BCUT2D eigenvalue weighted by Crippen LogP contribution is -2.30. The first-order valence-electron chi connectivity index (χ1n) is 10.5. The number of alkyl carbamates (subject to hydrolysis) is 1. The molecule has 3 aromatic rings. The van der Waals surface area contributed by atoms with Crippen molar-refractivity contribution in [2.75, 3.05) is 13.2 Å². The van der Waals surface area contributed by atoms with Gasteiger partial charge in [0.2, 0.25) is 0 Å². The molecule has 184 valence electrons. The summed E-state index contributed by atoms with van der Waals surface area (Å²) in [7, 11) is 0. The zero-order valence-electron chi connectivity index (χ0n) is 18.0. The Morgan fingerprint density at radius 2 is 1.34 bits per heavy atom. The molecule has 1 aliphatic rings. The zero-order valence-corrected chi connectivity index (χ0v) is 18.0. The Kier molecular flexibility index (Phi) is 6.50. The van der Waals surface area contributed by atoms with E-state index in [1.807, 2.05) is 48.5 Å². The van der Waals surface area contributed by atoms with Crippen LogP contribution in [0.4, 0.5) is 31.1 Å². The average molecular weight is 495 g/mol. The highest BCUT2D eigenvalue weighted by Crippen LogP contribution is 2.44. The number of ether oxygens (including phenoxy) is 1. The van der Waals surface area contributed by atoms with Crippen molar-refractivity contribution in [3.8, 4) is 11.1 Å². The van der Waals surface area contributed by atoms with Gasteiger partial charge >= 0.3 is 18.4 Å². The van der Waals surface area contributed by atoms with Gasteiger partial charge < -0.3 is 15.2 Å². The molecule has 4 rings (SSSR count). The van der Waals surface area contributed by atoms with Gasteiger partial charge in [-0.2, -0.15) is 26.3 Å². The molecule has 0 aromatic heterocycles. The zero-order chi connectivity index (χ0) is 25.4. The maximum atomic E-state index is 13.0. The second-order valence-electron chi connectivity index (χ2n) is 8.06. The predicted molar refractivity (Wildman–Crippen MR) is 114 cm³/mol. The predicted octanol–water partition coefficient (Wildman–Crippen LogP) is 6.30. The van der Waals surface area contributed by atoms with Crippen LogP contribution in [-0.4, -0.2) is 24.4 Å². The first-order valence-corrected chi connectivity index (χ1v) is 10.5. The Balaban J connectivity index is 1.42. The number of hydrogen-bond acceptors (Lipinski definition) is 3. The maximum absolute atomic E-state index is 13.0. The smallest absolute Gasteiger partial charge is 0.416 e. The van der Waals surface area contributed by atoms with Gasteiger partial charge in [0, 0.05) is 5.92 Å². The van der Waals surface area contributed by atoms with Gasteiger partial charge in [0.25, 0.3) is 0 Å². The van der Waals surface area contributed by atoms with E-state index in [0.717, 1.165) is 22.3 Å². The normalized spacial score (nSPS) is 14.3. The van der Waals surface area contributed by atoms with Gasteiger partial charge in [0.05, 0.1) is 23.8 Å². The van der Waals surface area contributed by atoms with E-state index in [9.17, 15) is 36.2 Å². The molecule has 35 heavy (non-hydrogen) atoms. The van der Waals surface area contributed by atoms with E-state index in [4.69, 9.17) is 4.74 Å².